The molecule has 0 spiro atoms. The Bertz CT molecular complexity index is 208. The van der Waals surface area contributed by atoms with Gasteiger partial charge in [0.25, 0.3) is 0 Å². The molecule has 1 aromatic rings. The van der Waals surface area contributed by atoms with Crippen molar-refractivity contribution in [3.63, 3.8) is 0 Å². The molecule has 0 fully saturated rings. The van der Waals surface area contributed by atoms with Crippen molar-refractivity contribution in [2.24, 2.45) is 0 Å². The number of thiazole rings is 1. The largest absolute Gasteiger partial charge is 1.00 e. The predicted molar refractivity (Wildman–Crippen MR) is 49.1 cm³/mol. The van der Waals surface area contributed by atoms with E-state index in [1.54, 1.807) is 11.3 Å². The van der Waals surface area contributed by atoms with Gasteiger partial charge in [0, 0.05) is 0 Å². The van der Waals surface area contributed by atoms with Crippen molar-refractivity contribution < 1.29 is 58.2 Å². The molecule has 1 heterocycles. The van der Waals surface area contributed by atoms with E-state index in [1.807, 2.05) is 0 Å². The maximum atomic E-state index is 4.47. The molecule has 1 nitrogen and oxygen atoms in total. The van der Waals surface area contributed by atoms with Gasteiger partial charge < -0.3 is 16.3 Å². The quantitative estimate of drug-likeness (QED) is 0.686. The molecule has 0 aliphatic heterocycles. The Balaban J connectivity index is 0.00000121. The first-order valence-electron chi connectivity index (χ1n) is 3.99. The van der Waals surface area contributed by atoms with Gasteiger partial charge in [-0.3, -0.25) is 0 Å². The molecule has 3 heteroatoms. The summed E-state index contributed by atoms with van der Waals surface area (Å²) in [6, 6.07) is 0. The summed E-state index contributed by atoms with van der Waals surface area (Å²) in [7, 11) is 0. The summed E-state index contributed by atoms with van der Waals surface area (Å²) in [4.78, 5) is 4.47. The first-order valence-corrected chi connectivity index (χ1v) is 4.81. The summed E-state index contributed by atoms with van der Waals surface area (Å²) in [6.07, 6.45) is 0. The average Bonchev–Trinajstić information content (AvgIpc) is 2.33. The summed E-state index contributed by atoms with van der Waals surface area (Å²) in [6.45, 7) is 8.62. The summed E-state index contributed by atoms with van der Waals surface area (Å²) in [5.74, 6) is 1.06. The van der Waals surface area contributed by atoms with Crippen LogP contribution >= 0.6 is 11.3 Å². The standard InChI is InChI=1S/C9H14NS.Rb/c1-6(2)8-5-11-9(10-8)7(3)4;/h6-7H,1-4H3;/q-1;+1. The summed E-state index contributed by atoms with van der Waals surface area (Å²) >= 11 is 1.65. The molecule has 62 valence electrons. The van der Waals surface area contributed by atoms with Gasteiger partial charge in [0.05, 0.1) is 0 Å². The van der Waals surface area contributed by atoms with E-state index in [4.69, 9.17) is 0 Å². The van der Waals surface area contributed by atoms with Crippen LogP contribution in [0, 0.1) is 5.38 Å². The fourth-order valence-corrected chi connectivity index (χ4v) is 1.63. The van der Waals surface area contributed by atoms with Gasteiger partial charge in [-0.25, -0.2) is 0 Å². The van der Waals surface area contributed by atoms with E-state index in [-0.39, 0.29) is 58.2 Å². The molecule has 0 amide bonds. The van der Waals surface area contributed by atoms with Gasteiger partial charge in [-0.2, -0.15) is 5.38 Å². The van der Waals surface area contributed by atoms with Crippen molar-refractivity contribution in [3.05, 3.63) is 16.1 Å². The van der Waals surface area contributed by atoms with E-state index in [9.17, 15) is 0 Å². The number of nitrogens with zero attached hydrogens (tertiary/aromatic N) is 1. The van der Waals surface area contributed by atoms with Crippen molar-refractivity contribution in [1.29, 1.82) is 0 Å². The van der Waals surface area contributed by atoms with E-state index in [0.717, 1.165) is 5.69 Å². The van der Waals surface area contributed by atoms with Crippen LogP contribution in [0.3, 0.4) is 0 Å². The van der Waals surface area contributed by atoms with E-state index in [1.165, 1.54) is 5.01 Å². The van der Waals surface area contributed by atoms with Crippen LogP contribution in [-0.4, -0.2) is 4.98 Å². The van der Waals surface area contributed by atoms with Crippen molar-refractivity contribution in [2.75, 3.05) is 0 Å². The number of hydrogen-bond acceptors (Lipinski definition) is 2. The fourth-order valence-electron chi connectivity index (χ4n) is 0.763. The zero-order chi connectivity index (χ0) is 8.43. The Morgan fingerprint density at radius 3 is 2.00 bits per heavy atom. The van der Waals surface area contributed by atoms with Gasteiger partial charge >= 0.3 is 58.2 Å². The van der Waals surface area contributed by atoms with Gasteiger partial charge in [-0.15, -0.1) is 0 Å². The fraction of sp³-hybridized carbons (Fsp3) is 0.667. The van der Waals surface area contributed by atoms with E-state index in [0.29, 0.717) is 11.8 Å². The van der Waals surface area contributed by atoms with Crippen molar-refractivity contribution >= 4 is 11.3 Å². The second-order valence-corrected chi connectivity index (χ2v) is 4.18. The Morgan fingerprint density at radius 1 is 1.17 bits per heavy atom. The SMILES string of the molecule is CC(C)c1[c-]sc(C(C)C)n1.[Rb+]. The minimum absolute atomic E-state index is 0. The third-order valence-corrected chi connectivity index (χ3v) is 2.61. The minimum atomic E-state index is 0. The number of rotatable bonds is 2. The minimum Gasteiger partial charge on any atom is -0.360 e. The molecule has 1 aromatic heterocycles. The molecule has 0 bridgehead atoms. The zero-order valence-electron chi connectivity index (χ0n) is 8.51. The van der Waals surface area contributed by atoms with Gasteiger partial charge in [-0.05, 0) is 5.92 Å². The van der Waals surface area contributed by atoms with Crippen LogP contribution in [-0.2, 0) is 0 Å². The molecular formula is C9H14NRbS. The van der Waals surface area contributed by atoms with Crippen LogP contribution < -0.4 is 58.2 Å². The smallest absolute Gasteiger partial charge is 0.360 e. The molecule has 0 N–H and O–H groups in total. The van der Waals surface area contributed by atoms with Crippen LogP contribution in [0.25, 0.3) is 0 Å². The third-order valence-electron chi connectivity index (χ3n) is 1.53. The van der Waals surface area contributed by atoms with Gasteiger partial charge in [0.1, 0.15) is 0 Å². The van der Waals surface area contributed by atoms with Crippen molar-refractivity contribution in [2.45, 2.75) is 39.5 Å². The van der Waals surface area contributed by atoms with Crippen LogP contribution in [0.5, 0.6) is 0 Å². The summed E-state index contributed by atoms with van der Waals surface area (Å²) < 4.78 is 0. The van der Waals surface area contributed by atoms with Crippen LogP contribution in [0.1, 0.15) is 50.2 Å². The van der Waals surface area contributed by atoms with E-state index < -0.39 is 0 Å². The predicted octanol–water partition coefficient (Wildman–Crippen LogP) is 0.194. The molecule has 0 aliphatic rings. The molecule has 0 saturated carbocycles. The second kappa shape index (κ2) is 6.02. The van der Waals surface area contributed by atoms with E-state index >= 15 is 0 Å². The Labute approximate surface area is 128 Å². The molecule has 0 unspecified atom stereocenters. The first-order chi connectivity index (χ1) is 5.11. The van der Waals surface area contributed by atoms with Gasteiger partial charge in [0.15, 0.2) is 0 Å². The molecule has 0 saturated heterocycles. The Morgan fingerprint density at radius 2 is 1.75 bits per heavy atom. The zero-order valence-corrected chi connectivity index (χ0v) is 14.2. The van der Waals surface area contributed by atoms with Crippen molar-refractivity contribution in [3.8, 4) is 0 Å². The molecule has 12 heavy (non-hydrogen) atoms. The summed E-state index contributed by atoms with van der Waals surface area (Å²) in [5.41, 5.74) is 1.11. The molecule has 0 aliphatic carbocycles. The molecule has 1 rings (SSSR count). The van der Waals surface area contributed by atoms with Crippen LogP contribution in [0.4, 0.5) is 0 Å². The summed E-state index contributed by atoms with van der Waals surface area (Å²) in [5, 5.41) is 4.42. The Kier molecular flexibility index (Phi) is 6.74. The molecular weight excluding hydrogens is 240 g/mol. The number of aromatic nitrogens is 1. The monoisotopic (exact) mass is 253 g/mol. The van der Waals surface area contributed by atoms with Crippen LogP contribution in [0.15, 0.2) is 0 Å². The molecule has 0 atom stereocenters. The van der Waals surface area contributed by atoms with E-state index in [2.05, 4.69) is 38.1 Å². The average molecular weight is 254 g/mol. The Hall–Kier alpha value is 1.44. The first kappa shape index (κ1) is 13.4. The van der Waals surface area contributed by atoms with Gasteiger partial charge in [0.2, 0.25) is 0 Å². The second-order valence-electron chi connectivity index (χ2n) is 3.35. The maximum Gasteiger partial charge on any atom is 1.00 e. The third kappa shape index (κ3) is 3.66. The molecule has 0 radical (unpaired) electrons. The van der Waals surface area contributed by atoms with Crippen LogP contribution in [0.2, 0.25) is 0 Å². The topological polar surface area (TPSA) is 12.9 Å². The van der Waals surface area contributed by atoms with Gasteiger partial charge in [-0.1, -0.05) is 44.3 Å². The maximum absolute atomic E-state index is 4.47. The normalized spacial score (nSPS) is 10.5. The molecule has 0 aromatic carbocycles. The van der Waals surface area contributed by atoms with Crippen molar-refractivity contribution in [1.82, 2.24) is 4.98 Å². The number of hydrogen-bond donors (Lipinski definition) is 0.